The number of rotatable bonds is 5. The number of nitrogens with two attached hydrogens (primary N) is 1. The summed E-state index contributed by atoms with van der Waals surface area (Å²) in [6.07, 6.45) is 0.635. The summed E-state index contributed by atoms with van der Waals surface area (Å²) in [6, 6.07) is 14.8. The maximum atomic E-state index is 12.0. The quantitative estimate of drug-likeness (QED) is 0.588. The van der Waals surface area contributed by atoms with E-state index in [1.807, 2.05) is 24.3 Å². The summed E-state index contributed by atoms with van der Waals surface area (Å²) in [5, 5.41) is 9.83. The fourth-order valence-electron chi connectivity index (χ4n) is 2.18. The molecule has 0 saturated carbocycles. The molecule has 0 unspecified atom stereocenters. The number of carbonyl (C=O) groups is 1. The molecule has 4 N–H and O–H groups in total. The predicted octanol–water partition coefficient (Wildman–Crippen LogP) is 2.67. The van der Waals surface area contributed by atoms with Gasteiger partial charge in [0.05, 0.1) is 6.54 Å². The summed E-state index contributed by atoms with van der Waals surface area (Å²) in [7, 11) is 0. The van der Waals surface area contributed by atoms with Crippen molar-refractivity contribution in [3.63, 3.8) is 0 Å². The molecule has 2 aromatic carbocycles. The second-order valence-electron chi connectivity index (χ2n) is 5.31. The van der Waals surface area contributed by atoms with E-state index in [-0.39, 0.29) is 12.5 Å². The summed E-state index contributed by atoms with van der Waals surface area (Å²) < 4.78 is 1.03. The van der Waals surface area contributed by atoms with Gasteiger partial charge in [-0.05, 0) is 42.0 Å². The summed E-state index contributed by atoms with van der Waals surface area (Å²) in [5.41, 5.74) is 7.91. The molecular formula is C17H16BrN5O. The molecule has 0 atom stereocenters. The van der Waals surface area contributed by atoms with E-state index in [4.69, 9.17) is 5.73 Å². The highest BCUT2D eigenvalue weighted by molar-refractivity contribution is 9.10. The first kappa shape index (κ1) is 16.2. The largest absolute Gasteiger partial charge is 0.399 e. The highest BCUT2D eigenvalue weighted by atomic mass is 79.9. The zero-order chi connectivity index (χ0) is 16.9. The third kappa shape index (κ3) is 4.20. The molecule has 0 spiro atoms. The molecule has 0 aliphatic carbocycles. The smallest absolute Gasteiger partial charge is 0.251 e. The van der Waals surface area contributed by atoms with Crippen LogP contribution in [0.15, 0.2) is 53.0 Å². The van der Waals surface area contributed by atoms with Crippen LogP contribution in [0.4, 0.5) is 5.69 Å². The Morgan fingerprint density at radius 3 is 2.54 bits per heavy atom. The lowest BCUT2D eigenvalue weighted by Crippen LogP contribution is -2.23. The molecule has 3 rings (SSSR count). The van der Waals surface area contributed by atoms with E-state index >= 15 is 0 Å². The van der Waals surface area contributed by atoms with Crippen LogP contribution in [-0.4, -0.2) is 21.1 Å². The lowest BCUT2D eigenvalue weighted by atomic mass is 10.1. The number of nitrogens with zero attached hydrogens (tertiary/aromatic N) is 2. The molecular weight excluding hydrogens is 370 g/mol. The van der Waals surface area contributed by atoms with E-state index in [1.165, 1.54) is 0 Å². The lowest BCUT2D eigenvalue weighted by molar-refractivity contribution is 0.0950. The van der Waals surface area contributed by atoms with E-state index in [1.54, 1.807) is 24.3 Å². The van der Waals surface area contributed by atoms with Crippen molar-refractivity contribution in [2.24, 2.45) is 0 Å². The number of amides is 1. The van der Waals surface area contributed by atoms with E-state index in [2.05, 4.69) is 36.4 Å². The summed E-state index contributed by atoms with van der Waals surface area (Å²) in [5.74, 6) is 1.13. The minimum absolute atomic E-state index is 0.180. The molecule has 122 valence electrons. The van der Waals surface area contributed by atoms with Crippen molar-refractivity contribution in [3.05, 3.63) is 75.8 Å². The van der Waals surface area contributed by atoms with E-state index < -0.39 is 0 Å². The van der Waals surface area contributed by atoms with Crippen molar-refractivity contribution in [2.75, 3.05) is 5.73 Å². The number of benzene rings is 2. The van der Waals surface area contributed by atoms with E-state index in [0.717, 1.165) is 10.0 Å². The fraction of sp³-hybridized carbons (Fsp3) is 0.118. The second kappa shape index (κ2) is 7.27. The van der Waals surface area contributed by atoms with Crippen LogP contribution in [0.1, 0.15) is 27.6 Å². The highest BCUT2D eigenvalue weighted by Crippen LogP contribution is 2.12. The molecule has 0 aliphatic heterocycles. The zero-order valence-corrected chi connectivity index (χ0v) is 14.4. The number of H-pyrrole nitrogens is 1. The van der Waals surface area contributed by atoms with Crippen LogP contribution in [0.5, 0.6) is 0 Å². The van der Waals surface area contributed by atoms with Gasteiger partial charge in [0.1, 0.15) is 5.82 Å². The van der Waals surface area contributed by atoms with Gasteiger partial charge in [-0.2, -0.15) is 5.10 Å². The Kier molecular flexibility index (Phi) is 4.90. The third-order valence-electron chi connectivity index (χ3n) is 3.44. The molecule has 0 bridgehead atoms. The summed E-state index contributed by atoms with van der Waals surface area (Å²) in [6.45, 7) is 0.288. The molecule has 1 amide bonds. The topological polar surface area (TPSA) is 96.7 Å². The number of nitrogens with one attached hydrogen (secondary N) is 2. The molecule has 0 fully saturated rings. The van der Waals surface area contributed by atoms with E-state index in [9.17, 15) is 4.79 Å². The van der Waals surface area contributed by atoms with Crippen LogP contribution >= 0.6 is 15.9 Å². The van der Waals surface area contributed by atoms with Crippen molar-refractivity contribution in [1.29, 1.82) is 0 Å². The Hall–Kier alpha value is -2.67. The van der Waals surface area contributed by atoms with Gasteiger partial charge < -0.3 is 11.1 Å². The molecule has 3 aromatic rings. The zero-order valence-electron chi connectivity index (χ0n) is 12.8. The van der Waals surface area contributed by atoms with Crippen LogP contribution in [0.2, 0.25) is 0 Å². The monoisotopic (exact) mass is 385 g/mol. The number of nitrogen functional groups attached to an aromatic ring is 1. The maximum absolute atomic E-state index is 12.0. The number of hydrogen-bond acceptors (Lipinski definition) is 4. The Bertz CT molecular complexity index is 827. The predicted molar refractivity (Wildman–Crippen MR) is 95.4 cm³/mol. The van der Waals surface area contributed by atoms with Gasteiger partial charge in [-0.15, -0.1) is 0 Å². The average molecular weight is 386 g/mol. The Balaban J connectivity index is 1.56. The lowest BCUT2D eigenvalue weighted by Gasteiger charge is -2.03. The average Bonchev–Trinajstić information content (AvgIpc) is 3.03. The standard InChI is InChI=1S/C17H16BrN5O/c18-13-5-1-11(2-6-13)9-15-21-16(23-22-15)10-20-17(24)12-3-7-14(19)8-4-12/h1-8H,9-10,19H2,(H,20,24)(H,21,22,23). The molecule has 0 saturated heterocycles. The van der Waals surface area contributed by atoms with Crippen LogP contribution in [0, 0.1) is 0 Å². The number of carbonyl (C=O) groups excluding carboxylic acids is 1. The van der Waals surface area contributed by atoms with Crippen molar-refractivity contribution < 1.29 is 4.79 Å². The summed E-state index contributed by atoms with van der Waals surface area (Å²) in [4.78, 5) is 16.4. The molecule has 24 heavy (non-hydrogen) atoms. The minimum Gasteiger partial charge on any atom is -0.399 e. The number of aromatic nitrogens is 3. The van der Waals surface area contributed by atoms with Crippen molar-refractivity contribution in [3.8, 4) is 0 Å². The molecule has 7 heteroatoms. The number of aromatic amines is 1. The normalized spacial score (nSPS) is 10.5. The number of halogens is 1. The van der Waals surface area contributed by atoms with Crippen LogP contribution < -0.4 is 11.1 Å². The Morgan fingerprint density at radius 2 is 1.83 bits per heavy atom. The number of hydrogen-bond donors (Lipinski definition) is 3. The summed E-state index contributed by atoms with van der Waals surface area (Å²) >= 11 is 3.41. The molecule has 1 heterocycles. The van der Waals surface area contributed by atoms with Crippen LogP contribution in [-0.2, 0) is 13.0 Å². The van der Waals surface area contributed by atoms with Crippen molar-refractivity contribution in [1.82, 2.24) is 20.5 Å². The Labute approximate surface area is 147 Å². The van der Waals surface area contributed by atoms with E-state index in [0.29, 0.717) is 29.3 Å². The SMILES string of the molecule is Nc1ccc(C(=O)NCc2nc(Cc3ccc(Br)cc3)n[nH]2)cc1. The third-order valence-corrected chi connectivity index (χ3v) is 3.97. The van der Waals surface area contributed by atoms with Crippen molar-refractivity contribution in [2.45, 2.75) is 13.0 Å². The van der Waals surface area contributed by atoms with Gasteiger partial charge in [-0.25, -0.2) is 4.98 Å². The molecule has 0 radical (unpaired) electrons. The van der Waals surface area contributed by atoms with Gasteiger partial charge in [-0.3, -0.25) is 9.89 Å². The minimum atomic E-state index is -0.180. The molecule has 1 aromatic heterocycles. The van der Waals surface area contributed by atoms with Crippen molar-refractivity contribution >= 4 is 27.5 Å². The first-order chi connectivity index (χ1) is 11.6. The fourth-order valence-corrected chi connectivity index (χ4v) is 2.44. The van der Waals surface area contributed by atoms with Crippen LogP contribution in [0.25, 0.3) is 0 Å². The van der Waals surface area contributed by atoms with Gasteiger partial charge >= 0.3 is 0 Å². The van der Waals surface area contributed by atoms with Gasteiger partial charge in [0, 0.05) is 22.1 Å². The first-order valence-corrected chi connectivity index (χ1v) is 8.18. The Morgan fingerprint density at radius 1 is 1.12 bits per heavy atom. The first-order valence-electron chi connectivity index (χ1n) is 7.38. The highest BCUT2D eigenvalue weighted by Gasteiger charge is 2.08. The van der Waals surface area contributed by atoms with Gasteiger partial charge in [0.15, 0.2) is 5.82 Å². The van der Waals surface area contributed by atoms with Gasteiger partial charge in [0.25, 0.3) is 5.91 Å². The van der Waals surface area contributed by atoms with Crippen LogP contribution in [0.3, 0.4) is 0 Å². The number of anilines is 1. The van der Waals surface area contributed by atoms with Gasteiger partial charge in [0.2, 0.25) is 0 Å². The second-order valence-corrected chi connectivity index (χ2v) is 6.22. The molecule has 6 nitrogen and oxygen atoms in total. The van der Waals surface area contributed by atoms with Gasteiger partial charge in [-0.1, -0.05) is 28.1 Å². The maximum Gasteiger partial charge on any atom is 0.251 e. The molecule has 0 aliphatic rings.